The summed E-state index contributed by atoms with van der Waals surface area (Å²) in [6.07, 6.45) is 2.62. The van der Waals surface area contributed by atoms with Crippen molar-refractivity contribution in [3.05, 3.63) is 17.0 Å². The molecule has 0 spiro atoms. The predicted molar refractivity (Wildman–Crippen MR) is 45.8 cm³/mol. The van der Waals surface area contributed by atoms with Crippen LogP contribution in [0, 0.1) is 6.92 Å². The summed E-state index contributed by atoms with van der Waals surface area (Å²) in [5.41, 5.74) is 2.42. The number of rotatable bonds is 2. The number of aromatic nitrogens is 1. The first kappa shape index (κ1) is 7.35. The fourth-order valence-corrected chi connectivity index (χ4v) is 1.82. The minimum absolute atomic E-state index is 0.744. The molecule has 0 atom stereocenters. The Bertz CT molecular complexity index is 265. The average Bonchev–Trinajstić information content (AvgIpc) is 2.76. The van der Waals surface area contributed by atoms with Gasteiger partial charge in [0.2, 0.25) is 0 Å². The molecule has 0 aliphatic heterocycles. The molecule has 0 radical (unpaired) electrons. The van der Waals surface area contributed by atoms with Crippen LogP contribution in [0.3, 0.4) is 0 Å². The first-order chi connectivity index (χ1) is 5.33. The maximum Gasteiger partial charge on any atom is 0.150 e. The monoisotopic (exact) mass is 215 g/mol. The Hall–Kier alpha value is -0.310. The van der Waals surface area contributed by atoms with Gasteiger partial charge in [0.05, 0.1) is 11.0 Å². The first-order valence-corrected chi connectivity index (χ1v) is 4.96. The van der Waals surface area contributed by atoms with Gasteiger partial charge in [-0.3, -0.25) is 0 Å². The molecule has 0 saturated heterocycles. The van der Waals surface area contributed by atoms with Crippen molar-refractivity contribution in [2.75, 3.05) is 0 Å². The van der Waals surface area contributed by atoms with E-state index in [0.29, 0.717) is 0 Å². The molecule has 0 amide bonds. The summed E-state index contributed by atoms with van der Waals surface area (Å²) < 4.78 is 5.15. The molecule has 0 aromatic carbocycles. The van der Waals surface area contributed by atoms with Crippen LogP contribution in [0.4, 0.5) is 0 Å². The molecule has 1 aliphatic rings. The maximum atomic E-state index is 5.15. The van der Waals surface area contributed by atoms with Crippen LogP contribution in [0.15, 0.2) is 4.52 Å². The number of aryl methyl sites for hydroxylation is 1. The second kappa shape index (κ2) is 2.63. The van der Waals surface area contributed by atoms with Crippen LogP contribution in [0.25, 0.3) is 0 Å². The summed E-state index contributed by atoms with van der Waals surface area (Å²) in [5, 5.41) is 4.73. The second-order valence-electron chi connectivity index (χ2n) is 3.01. The highest BCUT2D eigenvalue weighted by Gasteiger charge is 2.30. The maximum absolute atomic E-state index is 5.15. The van der Waals surface area contributed by atoms with Crippen molar-refractivity contribution in [1.82, 2.24) is 5.16 Å². The molecule has 1 fully saturated rings. The van der Waals surface area contributed by atoms with E-state index in [1.54, 1.807) is 0 Å². The van der Waals surface area contributed by atoms with E-state index in [9.17, 15) is 0 Å². The fourth-order valence-electron chi connectivity index (χ4n) is 1.42. The summed E-state index contributed by atoms with van der Waals surface area (Å²) in [6.45, 7) is 2.02. The molecule has 1 aromatic rings. The quantitative estimate of drug-likeness (QED) is 0.710. The predicted octanol–water partition coefficient (Wildman–Crippen LogP) is 2.76. The number of hydrogen-bond acceptors (Lipinski definition) is 2. The normalized spacial score (nSPS) is 17.3. The third-order valence-corrected chi connectivity index (χ3v) is 2.60. The van der Waals surface area contributed by atoms with Gasteiger partial charge in [-0.25, -0.2) is 0 Å². The Morgan fingerprint density at radius 3 is 2.91 bits per heavy atom. The van der Waals surface area contributed by atoms with Crippen LogP contribution in [-0.4, -0.2) is 5.16 Å². The van der Waals surface area contributed by atoms with E-state index in [0.717, 1.165) is 22.7 Å². The lowest BCUT2D eigenvalue weighted by Crippen LogP contribution is -1.84. The van der Waals surface area contributed by atoms with Crippen LogP contribution in [0.5, 0.6) is 0 Å². The number of alkyl halides is 1. The molecule has 1 heterocycles. The van der Waals surface area contributed by atoms with Crippen molar-refractivity contribution >= 4 is 15.9 Å². The summed E-state index contributed by atoms with van der Waals surface area (Å²) in [4.78, 5) is 0. The zero-order valence-electron chi connectivity index (χ0n) is 6.43. The van der Waals surface area contributed by atoms with Gasteiger partial charge in [0, 0.05) is 5.56 Å². The van der Waals surface area contributed by atoms with Gasteiger partial charge in [0.1, 0.15) is 0 Å². The average molecular weight is 216 g/mol. The topological polar surface area (TPSA) is 26.0 Å². The van der Waals surface area contributed by atoms with Gasteiger partial charge in [-0.1, -0.05) is 21.1 Å². The Labute approximate surface area is 74.1 Å². The van der Waals surface area contributed by atoms with Gasteiger partial charge in [-0.05, 0) is 25.7 Å². The van der Waals surface area contributed by atoms with Crippen LogP contribution >= 0.6 is 15.9 Å². The van der Waals surface area contributed by atoms with E-state index in [-0.39, 0.29) is 0 Å². The standard InChI is InChI=1S/C8H10BrNO/c1-5-8(6-2-3-6)7(4-9)11-10-5/h6H,2-4H2,1H3. The lowest BCUT2D eigenvalue weighted by Gasteiger charge is -1.93. The van der Waals surface area contributed by atoms with Gasteiger partial charge >= 0.3 is 0 Å². The van der Waals surface area contributed by atoms with Gasteiger partial charge in [-0.2, -0.15) is 0 Å². The molecule has 1 saturated carbocycles. The molecule has 2 rings (SSSR count). The molecular formula is C8H10BrNO. The zero-order chi connectivity index (χ0) is 7.84. The number of nitrogens with zero attached hydrogens (tertiary/aromatic N) is 1. The van der Waals surface area contributed by atoms with Crippen molar-refractivity contribution in [2.24, 2.45) is 0 Å². The van der Waals surface area contributed by atoms with E-state index < -0.39 is 0 Å². The summed E-state index contributed by atoms with van der Waals surface area (Å²) in [7, 11) is 0. The lowest BCUT2D eigenvalue weighted by molar-refractivity contribution is 0.390. The number of halogens is 1. The van der Waals surface area contributed by atoms with Crippen molar-refractivity contribution in [1.29, 1.82) is 0 Å². The third kappa shape index (κ3) is 1.22. The van der Waals surface area contributed by atoms with Gasteiger partial charge in [0.25, 0.3) is 0 Å². The van der Waals surface area contributed by atoms with Gasteiger partial charge < -0.3 is 4.52 Å². The SMILES string of the molecule is Cc1noc(CBr)c1C1CC1. The largest absolute Gasteiger partial charge is 0.360 e. The highest BCUT2D eigenvalue weighted by molar-refractivity contribution is 9.08. The number of hydrogen-bond donors (Lipinski definition) is 0. The Morgan fingerprint density at radius 1 is 1.64 bits per heavy atom. The van der Waals surface area contributed by atoms with Crippen molar-refractivity contribution < 1.29 is 4.52 Å². The van der Waals surface area contributed by atoms with Gasteiger partial charge in [0.15, 0.2) is 5.76 Å². The molecule has 0 N–H and O–H groups in total. The molecule has 60 valence electrons. The Kier molecular flexibility index (Phi) is 1.75. The molecule has 0 bridgehead atoms. The molecule has 11 heavy (non-hydrogen) atoms. The van der Waals surface area contributed by atoms with Gasteiger partial charge in [-0.15, -0.1) is 0 Å². The zero-order valence-corrected chi connectivity index (χ0v) is 8.02. The van der Waals surface area contributed by atoms with E-state index in [4.69, 9.17) is 4.52 Å². The highest BCUT2D eigenvalue weighted by Crippen LogP contribution is 2.43. The third-order valence-electron chi connectivity index (χ3n) is 2.09. The highest BCUT2D eigenvalue weighted by atomic mass is 79.9. The smallest absolute Gasteiger partial charge is 0.150 e. The summed E-state index contributed by atoms with van der Waals surface area (Å²) in [6, 6.07) is 0. The van der Waals surface area contributed by atoms with Crippen LogP contribution in [0.1, 0.15) is 35.8 Å². The fraction of sp³-hybridized carbons (Fsp3) is 0.625. The minimum Gasteiger partial charge on any atom is -0.360 e. The molecule has 0 unspecified atom stereocenters. The minimum atomic E-state index is 0.744. The van der Waals surface area contributed by atoms with Crippen molar-refractivity contribution in [3.8, 4) is 0 Å². The molecule has 3 heteroatoms. The molecular weight excluding hydrogens is 206 g/mol. The Balaban J connectivity index is 2.38. The van der Waals surface area contributed by atoms with Crippen molar-refractivity contribution in [2.45, 2.75) is 31.0 Å². The summed E-state index contributed by atoms with van der Waals surface area (Å²) in [5.74, 6) is 1.76. The van der Waals surface area contributed by atoms with Crippen LogP contribution in [-0.2, 0) is 5.33 Å². The van der Waals surface area contributed by atoms with Crippen molar-refractivity contribution in [3.63, 3.8) is 0 Å². The second-order valence-corrected chi connectivity index (χ2v) is 3.57. The molecule has 1 aromatic heterocycles. The van der Waals surface area contributed by atoms with E-state index in [1.165, 1.54) is 18.4 Å². The lowest BCUT2D eigenvalue weighted by atomic mass is 10.1. The molecule has 1 aliphatic carbocycles. The first-order valence-electron chi connectivity index (χ1n) is 3.84. The molecule has 2 nitrogen and oxygen atoms in total. The van der Waals surface area contributed by atoms with Crippen LogP contribution in [0.2, 0.25) is 0 Å². The van der Waals surface area contributed by atoms with Crippen LogP contribution < -0.4 is 0 Å². The van der Waals surface area contributed by atoms with E-state index in [1.807, 2.05) is 6.92 Å². The van der Waals surface area contributed by atoms with E-state index >= 15 is 0 Å². The Morgan fingerprint density at radius 2 is 2.36 bits per heavy atom. The van der Waals surface area contributed by atoms with E-state index in [2.05, 4.69) is 21.1 Å². The summed E-state index contributed by atoms with van der Waals surface area (Å²) >= 11 is 3.38.